The lowest BCUT2D eigenvalue weighted by atomic mass is 10.0. The Morgan fingerprint density at radius 1 is 1.02 bits per heavy atom. The van der Waals surface area contributed by atoms with Crippen molar-refractivity contribution in [3.8, 4) is 0 Å². The summed E-state index contributed by atoms with van der Waals surface area (Å²) in [6, 6.07) is 16.7. The van der Waals surface area contributed by atoms with E-state index in [0.29, 0.717) is 12.1 Å². The van der Waals surface area contributed by atoms with Crippen LogP contribution in [0.5, 0.6) is 0 Å². The fourth-order valence-corrected chi connectivity index (χ4v) is 5.98. The number of alkyl halides is 3. The van der Waals surface area contributed by atoms with E-state index < -0.39 is 11.7 Å². The number of nitrogens with one attached hydrogen (secondary N) is 1. The molecule has 0 aliphatic carbocycles. The average molecular weight is 606 g/mol. The van der Waals surface area contributed by atoms with Crippen molar-refractivity contribution in [1.29, 1.82) is 0 Å². The number of hydrogen-bond donors (Lipinski definition) is 1. The van der Waals surface area contributed by atoms with E-state index in [1.54, 1.807) is 23.6 Å². The summed E-state index contributed by atoms with van der Waals surface area (Å²) < 4.78 is 38.9. The third-order valence-electron chi connectivity index (χ3n) is 7.45. The molecule has 0 bridgehead atoms. The predicted molar refractivity (Wildman–Crippen MR) is 165 cm³/mol. The molecule has 6 nitrogen and oxygen atoms in total. The summed E-state index contributed by atoms with van der Waals surface area (Å²) in [6.07, 6.45) is 2.06. The minimum absolute atomic E-state index is 0.0385. The summed E-state index contributed by atoms with van der Waals surface area (Å²) >= 11 is 1.67. The maximum atomic E-state index is 13.6. The number of anilines is 2. The molecule has 43 heavy (non-hydrogen) atoms. The van der Waals surface area contributed by atoms with Crippen LogP contribution in [0.25, 0.3) is 6.08 Å². The molecule has 0 radical (unpaired) electrons. The quantitative estimate of drug-likeness (QED) is 0.199. The zero-order valence-electron chi connectivity index (χ0n) is 24.1. The van der Waals surface area contributed by atoms with E-state index in [0.717, 1.165) is 77.9 Å². The molecule has 2 aromatic carbocycles. The van der Waals surface area contributed by atoms with Crippen LogP contribution in [0.2, 0.25) is 0 Å². The van der Waals surface area contributed by atoms with Crippen LogP contribution >= 0.6 is 11.3 Å². The number of carbonyl (C=O) groups is 1. The first kappa shape index (κ1) is 30.4. The molecule has 10 heteroatoms. The van der Waals surface area contributed by atoms with Gasteiger partial charge < -0.3 is 10.2 Å². The summed E-state index contributed by atoms with van der Waals surface area (Å²) in [4.78, 5) is 26.7. The largest absolute Gasteiger partial charge is 0.416 e. The SMILES string of the molecule is Cc1cc(Nc2ccc(CN(C(=O)/C=C/c3ccc(C(F)(F)F)cc3)C3CCN(Cc4nc(C)cs4)CC3)cc2)ccn1. The molecule has 0 spiro atoms. The Morgan fingerprint density at radius 3 is 2.37 bits per heavy atom. The third kappa shape index (κ3) is 8.52. The number of amides is 1. The van der Waals surface area contributed by atoms with Crippen LogP contribution in [0.1, 0.15) is 45.9 Å². The number of rotatable bonds is 9. The van der Waals surface area contributed by atoms with E-state index in [1.807, 2.05) is 55.1 Å². The van der Waals surface area contributed by atoms with E-state index in [9.17, 15) is 18.0 Å². The molecule has 224 valence electrons. The fourth-order valence-electron chi connectivity index (χ4n) is 5.17. The van der Waals surface area contributed by atoms with Gasteiger partial charge in [-0.25, -0.2) is 4.98 Å². The summed E-state index contributed by atoms with van der Waals surface area (Å²) in [5, 5.41) is 6.53. The van der Waals surface area contributed by atoms with E-state index in [-0.39, 0.29) is 11.9 Å². The Hall–Kier alpha value is -4.02. The highest BCUT2D eigenvalue weighted by molar-refractivity contribution is 7.09. The lowest BCUT2D eigenvalue weighted by Crippen LogP contribution is -2.46. The number of likely N-dealkylation sites (tertiary alicyclic amines) is 1. The van der Waals surface area contributed by atoms with E-state index in [4.69, 9.17) is 0 Å². The Labute approximate surface area is 253 Å². The van der Waals surface area contributed by atoms with Gasteiger partial charge in [-0.15, -0.1) is 11.3 Å². The Balaban J connectivity index is 1.28. The van der Waals surface area contributed by atoms with Crippen LogP contribution in [0.15, 0.2) is 78.3 Å². The van der Waals surface area contributed by atoms with Crippen molar-refractivity contribution in [2.24, 2.45) is 0 Å². The molecular formula is C33H34F3N5OS. The molecule has 0 atom stereocenters. The van der Waals surface area contributed by atoms with Gasteiger partial charge in [0.2, 0.25) is 5.91 Å². The summed E-state index contributed by atoms with van der Waals surface area (Å²) in [7, 11) is 0. The number of piperidine rings is 1. The smallest absolute Gasteiger partial charge is 0.355 e. The monoisotopic (exact) mass is 605 g/mol. The molecule has 5 rings (SSSR count). The van der Waals surface area contributed by atoms with Gasteiger partial charge in [0.15, 0.2) is 0 Å². The van der Waals surface area contributed by atoms with Gasteiger partial charge in [0.05, 0.1) is 12.1 Å². The zero-order chi connectivity index (χ0) is 30.4. The second-order valence-electron chi connectivity index (χ2n) is 10.8. The predicted octanol–water partition coefficient (Wildman–Crippen LogP) is 7.62. The van der Waals surface area contributed by atoms with E-state index in [1.165, 1.54) is 18.2 Å². The highest BCUT2D eigenvalue weighted by atomic mass is 32.1. The highest BCUT2D eigenvalue weighted by Crippen LogP contribution is 2.29. The zero-order valence-corrected chi connectivity index (χ0v) is 25.0. The van der Waals surface area contributed by atoms with Crippen LogP contribution in [0.3, 0.4) is 0 Å². The van der Waals surface area contributed by atoms with Gasteiger partial charge in [-0.1, -0.05) is 24.3 Å². The maximum absolute atomic E-state index is 13.6. The van der Waals surface area contributed by atoms with Gasteiger partial charge in [-0.05, 0) is 80.3 Å². The molecule has 2 aromatic heterocycles. The van der Waals surface area contributed by atoms with Crippen LogP contribution < -0.4 is 5.32 Å². The molecule has 1 aliphatic heterocycles. The van der Waals surface area contributed by atoms with Crippen molar-refractivity contribution < 1.29 is 18.0 Å². The van der Waals surface area contributed by atoms with Gasteiger partial charge in [0.1, 0.15) is 5.01 Å². The van der Waals surface area contributed by atoms with E-state index >= 15 is 0 Å². The van der Waals surface area contributed by atoms with Crippen molar-refractivity contribution >= 4 is 34.7 Å². The number of aryl methyl sites for hydroxylation is 2. The molecule has 4 aromatic rings. The van der Waals surface area contributed by atoms with Gasteiger partial charge in [0.25, 0.3) is 0 Å². The van der Waals surface area contributed by atoms with Crippen molar-refractivity contribution in [1.82, 2.24) is 19.8 Å². The van der Waals surface area contributed by atoms with Gasteiger partial charge in [-0.2, -0.15) is 13.2 Å². The number of hydrogen-bond acceptors (Lipinski definition) is 6. The Kier molecular flexibility index (Phi) is 9.57. The third-order valence-corrected chi connectivity index (χ3v) is 8.41. The number of benzene rings is 2. The Bertz CT molecular complexity index is 1540. The number of thiazole rings is 1. The number of pyridine rings is 1. The first-order valence-electron chi connectivity index (χ1n) is 14.2. The molecule has 0 saturated carbocycles. The van der Waals surface area contributed by atoms with E-state index in [2.05, 4.69) is 25.6 Å². The van der Waals surface area contributed by atoms with Crippen molar-refractivity contribution in [2.45, 2.75) is 52.0 Å². The molecule has 1 amide bonds. The minimum Gasteiger partial charge on any atom is -0.355 e. The van der Waals surface area contributed by atoms with Crippen LogP contribution in [0.4, 0.5) is 24.5 Å². The van der Waals surface area contributed by atoms with Crippen LogP contribution in [0, 0.1) is 13.8 Å². The standard InChI is InChI=1S/C33H34F3N5OS/c1-23-19-29(13-16-37-23)39-28-10-5-26(6-11-28)20-41(30-14-17-40(18-15-30)21-31-38-24(2)22-43-31)32(42)12-7-25-3-8-27(9-4-25)33(34,35)36/h3-13,16,19,22,30H,14-15,17-18,20-21H2,1-2H3,(H,37,39)/b12-7+. The number of halogens is 3. The average Bonchev–Trinajstić information content (AvgIpc) is 3.40. The summed E-state index contributed by atoms with van der Waals surface area (Å²) in [5.74, 6) is -0.164. The van der Waals surface area contributed by atoms with Crippen molar-refractivity contribution in [2.75, 3.05) is 18.4 Å². The molecule has 1 fully saturated rings. The summed E-state index contributed by atoms with van der Waals surface area (Å²) in [6.45, 7) is 6.88. The van der Waals surface area contributed by atoms with Crippen LogP contribution in [-0.2, 0) is 24.1 Å². The number of nitrogens with zero attached hydrogens (tertiary/aromatic N) is 4. The number of carbonyl (C=O) groups excluding carboxylic acids is 1. The molecule has 1 N–H and O–H groups in total. The lowest BCUT2D eigenvalue weighted by Gasteiger charge is -2.38. The van der Waals surface area contributed by atoms with Gasteiger partial charge >= 0.3 is 6.18 Å². The molecule has 3 heterocycles. The normalized spacial score (nSPS) is 14.7. The second-order valence-corrected chi connectivity index (χ2v) is 11.8. The Morgan fingerprint density at radius 2 is 1.74 bits per heavy atom. The molecule has 0 unspecified atom stereocenters. The molecular weight excluding hydrogens is 571 g/mol. The second kappa shape index (κ2) is 13.5. The van der Waals surface area contributed by atoms with Crippen molar-refractivity contribution in [3.63, 3.8) is 0 Å². The first-order chi connectivity index (χ1) is 20.6. The molecule has 1 saturated heterocycles. The number of aromatic nitrogens is 2. The van der Waals surface area contributed by atoms with Gasteiger partial charge in [0, 0.05) is 66.1 Å². The lowest BCUT2D eigenvalue weighted by molar-refractivity contribution is -0.137. The first-order valence-corrected chi connectivity index (χ1v) is 15.1. The highest BCUT2D eigenvalue weighted by Gasteiger charge is 2.30. The minimum atomic E-state index is -4.40. The maximum Gasteiger partial charge on any atom is 0.416 e. The summed E-state index contributed by atoms with van der Waals surface area (Å²) in [5.41, 5.74) is 4.65. The van der Waals surface area contributed by atoms with Gasteiger partial charge in [-0.3, -0.25) is 14.7 Å². The topological polar surface area (TPSA) is 61.4 Å². The van der Waals surface area contributed by atoms with Crippen LogP contribution in [-0.4, -0.2) is 44.8 Å². The fraction of sp³-hybridized carbons (Fsp3) is 0.303. The van der Waals surface area contributed by atoms with Crippen molar-refractivity contribution in [3.05, 3.63) is 111 Å². The molecule has 1 aliphatic rings.